The Hall–Kier alpha value is -1.40. The molecule has 0 spiro atoms. The lowest BCUT2D eigenvalue weighted by molar-refractivity contribution is 0.301. The number of ether oxygens (including phenoxy) is 1. The Morgan fingerprint density at radius 2 is 2.25 bits per heavy atom. The van der Waals surface area contributed by atoms with Gasteiger partial charge in [0.2, 0.25) is 0 Å². The van der Waals surface area contributed by atoms with E-state index in [0.29, 0.717) is 6.61 Å². The third-order valence-electron chi connectivity index (χ3n) is 2.75. The standard InChI is InChI=1S/C14H22N4OS/c1-3-5-15-8-14-17-12(11-20-14)10-19-13-7-16-18(9-13)6-4-2/h7,9,11,15H,3-6,8,10H2,1-2H3. The molecule has 0 fully saturated rings. The summed E-state index contributed by atoms with van der Waals surface area (Å²) < 4.78 is 7.60. The minimum atomic E-state index is 0.502. The number of nitrogens with one attached hydrogen (secondary N) is 1. The van der Waals surface area contributed by atoms with Crippen LogP contribution in [0.5, 0.6) is 5.75 Å². The summed E-state index contributed by atoms with van der Waals surface area (Å²) in [6.45, 7) is 7.59. The van der Waals surface area contributed by atoms with Gasteiger partial charge < -0.3 is 10.1 Å². The number of hydrogen-bond acceptors (Lipinski definition) is 5. The van der Waals surface area contributed by atoms with Crippen LogP contribution in [0.2, 0.25) is 0 Å². The van der Waals surface area contributed by atoms with Gasteiger partial charge in [-0.3, -0.25) is 4.68 Å². The first-order valence-electron chi connectivity index (χ1n) is 7.11. The fourth-order valence-electron chi connectivity index (χ4n) is 1.80. The van der Waals surface area contributed by atoms with Crippen molar-refractivity contribution in [2.24, 2.45) is 0 Å². The van der Waals surface area contributed by atoms with Crippen LogP contribution in [0.15, 0.2) is 17.8 Å². The molecule has 0 atom stereocenters. The third-order valence-corrected chi connectivity index (χ3v) is 3.65. The van der Waals surface area contributed by atoms with Crippen LogP contribution < -0.4 is 10.1 Å². The van der Waals surface area contributed by atoms with Crippen molar-refractivity contribution < 1.29 is 4.74 Å². The molecular weight excluding hydrogens is 272 g/mol. The molecule has 5 nitrogen and oxygen atoms in total. The summed E-state index contributed by atoms with van der Waals surface area (Å²) >= 11 is 1.67. The average molecular weight is 294 g/mol. The molecule has 2 rings (SSSR count). The zero-order valence-corrected chi connectivity index (χ0v) is 12.9. The van der Waals surface area contributed by atoms with Gasteiger partial charge in [0, 0.05) is 18.5 Å². The van der Waals surface area contributed by atoms with E-state index in [9.17, 15) is 0 Å². The minimum Gasteiger partial charge on any atom is -0.484 e. The number of nitrogens with zero attached hydrogens (tertiary/aromatic N) is 3. The molecular formula is C14H22N4OS. The zero-order valence-electron chi connectivity index (χ0n) is 12.1. The molecule has 0 radical (unpaired) electrons. The van der Waals surface area contributed by atoms with Crippen LogP contribution in [0.25, 0.3) is 0 Å². The van der Waals surface area contributed by atoms with Crippen molar-refractivity contribution in [1.82, 2.24) is 20.1 Å². The van der Waals surface area contributed by atoms with Crippen molar-refractivity contribution in [3.05, 3.63) is 28.5 Å². The van der Waals surface area contributed by atoms with Gasteiger partial charge in [0.05, 0.1) is 18.1 Å². The van der Waals surface area contributed by atoms with Crippen LogP contribution >= 0.6 is 11.3 Å². The number of aryl methyl sites for hydroxylation is 1. The first-order valence-corrected chi connectivity index (χ1v) is 7.99. The first-order chi connectivity index (χ1) is 9.81. The summed E-state index contributed by atoms with van der Waals surface area (Å²) in [6, 6.07) is 0. The smallest absolute Gasteiger partial charge is 0.157 e. The van der Waals surface area contributed by atoms with E-state index in [-0.39, 0.29) is 0 Å². The molecule has 0 amide bonds. The van der Waals surface area contributed by atoms with Crippen molar-refractivity contribution in [2.75, 3.05) is 6.54 Å². The second-order valence-corrected chi connectivity index (χ2v) is 5.58. The van der Waals surface area contributed by atoms with E-state index in [1.165, 1.54) is 0 Å². The van der Waals surface area contributed by atoms with E-state index in [1.54, 1.807) is 17.5 Å². The van der Waals surface area contributed by atoms with Crippen LogP contribution in [0, 0.1) is 0 Å². The number of thiazole rings is 1. The lowest BCUT2D eigenvalue weighted by atomic mass is 10.5. The zero-order chi connectivity index (χ0) is 14.2. The van der Waals surface area contributed by atoms with Crippen molar-refractivity contribution >= 4 is 11.3 Å². The van der Waals surface area contributed by atoms with Crippen molar-refractivity contribution in [1.29, 1.82) is 0 Å². The highest BCUT2D eigenvalue weighted by molar-refractivity contribution is 7.09. The number of rotatable bonds is 9. The Labute approximate surface area is 124 Å². The van der Waals surface area contributed by atoms with Crippen molar-refractivity contribution in [2.45, 2.75) is 46.4 Å². The van der Waals surface area contributed by atoms with Crippen molar-refractivity contribution in [3.8, 4) is 5.75 Å². The van der Waals surface area contributed by atoms with E-state index in [4.69, 9.17) is 4.74 Å². The largest absolute Gasteiger partial charge is 0.484 e. The Kier molecular flexibility index (Phi) is 6.01. The maximum absolute atomic E-state index is 5.70. The van der Waals surface area contributed by atoms with E-state index in [2.05, 4.69) is 34.6 Å². The van der Waals surface area contributed by atoms with Crippen LogP contribution in [0.3, 0.4) is 0 Å². The fourth-order valence-corrected chi connectivity index (χ4v) is 2.54. The molecule has 2 aromatic heterocycles. The highest BCUT2D eigenvalue weighted by atomic mass is 32.1. The van der Waals surface area contributed by atoms with E-state index < -0.39 is 0 Å². The van der Waals surface area contributed by atoms with Gasteiger partial charge in [-0.25, -0.2) is 4.98 Å². The maximum atomic E-state index is 5.70. The molecule has 0 aliphatic heterocycles. The van der Waals surface area contributed by atoms with Gasteiger partial charge in [0.25, 0.3) is 0 Å². The molecule has 0 aromatic carbocycles. The highest BCUT2D eigenvalue weighted by Gasteiger charge is 2.04. The Bertz CT molecular complexity index is 509. The van der Waals surface area contributed by atoms with Gasteiger partial charge in [-0.15, -0.1) is 11.3 Å². The summed E-state index contributed by atoms with van der Waals surface area (Å²) in [5.41, 5.74) is 0.978. The predicted octanol–water partition coefficient (Wildman–Crippen LogP) is 2.83. The number of hydrogen-bond donors (Lipinski definition) is 1. The lowest BCUT2D eigenvalue weighted by Gasteiger charge is -2.00. The average Bonchev–Trinajstić information content (AvgIpc) is 3.07. The summed E-state index contributed by atoms with van der Waals surface area (Å²) in [7, 11) is 0. The van der Waals surface area contributed by atoms with Gasteiger partial charge in [-0.1, -0.05) is 13.8 Å². The van der Waals surface area contributed by atoms with Gasteiger partial charge in [0.1, 0.15) is 11.6 Å². The molecule has 20 heavy (non-hydrogen) atoms. The summed E-state index contributed by atoms with van der Waals surface area (Å²) in [4.78, 5) is 4.54. The first kappa shape index (κ1) is 15.0. The monoisotopic (exact) mass is 294 g/mol. The SMILES string of the molecule is CCCNCc1nc(COc2cnn(CCC)c2)cs1. The minimum absolute atomic E-state index is 0.502. The molecule has 0 bridgehead atoms. The summed E-state index contributed by atoms with van der Waals surface area (Å²) in [5.74, 6) is 0.803. The second kappa shape index (κ2) is 8.01. The quantitative estimate of drug-likeness (QED) is 0.723. The van der Waals surface area contributed by atoms with Gasteiger partial charge in [-0.05, 0) is 19.4 Å². The molecule has 1 N–H and O–H groups in total. The van der Waals surface area contributed by atoms with Gasteiger partial charge >= 0.3 is 0 Å². The molecule has 2 heterocycles. The van der Waals surface area contributed by atoms with Crippen LogP contribution in [0.4, 0.5) is 0 Å². The fraction of sp³-hybridized carbons (Fsp3) is 0.571. The molecule has 0 saturated carbocycles. The van der Waals surface area contributed by atoms with Crippen LogP contribution in [-0.4, -0.2) is 21.3 Å². The molecule has 0 aliphatic rings. The lowest BCUT2D eigenvalue weighted by Crippen LogP contribution is -2.13. The Morgan fingerprint density at radius 3 is 3.05 bits per heavy atom. The molecule has 110 valence electrons. The van der Waals surface area contributed by atoms with Gasteiger partial charge in [-0.2, -0.15) is 5.10 Å². The van der Waals surface area contributed by atoms with E-state index in [0.717, 1.165) is 48.9 Å². The highest BCUT2D eigenvalue weighted by Crippen LogP contribution is 2.14. The molecule has 6 heteroatoms. The molecule has 2 aromatic rings. The Morgan fingerprint density at radius 1 is 1.35 bits per heavy atom. The molecule has 0 unspecified atom stereocenters. The topological polar surface area (TPSA) is 52.0 Å². The van der Waals surface area contributed by atoms with Crippen LogP contribution in [-0.2, 0) is 19.7 Å². The Balaban J connectivity index is 1.78. The summed E-state index contributed by atoms with van der Waals surface area (Å²) in [6.07, 6.45) is 5.90. The van der Waals surface area contributed by atoms with E-state index >= 15 is 0 Å². The molecule has 0 saturated heterocycles. The summed E-state index contributed by atoms with van der Waals surface area (Å²) in [5, 5.41) is 10.8. The second-order valence-electron chi connectivity index (χ2n) is 4.64. The third kappa shape index (κ3) is 4.61. The van der Waals surface area contributed by atoms with Crippen LogP contribution in [0.1, 0.15) is 37.4 Å². The normalized spacial score (nSPS) is 10.9. The van der Waals surface area contributed by atoms with Gasteiger partial charge in [0.15, 0.2) is 5.75 Å². The van der Waals surface area contributed by atoms with Crippen molar-refractivity contribution in [3.63, 3.8) is 0 Å². The van der Waals surface area contributed by atoms with E-state index in [1.807, 2.05) is 10.9 Å². The predicted molar refractivity (Wildman–Crippen MR) is 81.0 cm³/mol. The number of aromatic nitrogens is 3. The molecule has 0 aliphatic carbocycles. The maximum Gasteiger partial charge on any atom is 0.157 e.